The summed E-state index contributed by atoms with van der Waals surface area (Å²) in [6.07, 6.45) is 2.21. The largest absolute Gasteiger partial charge is 0.0613 e. The highest BCUT2D eigenvalue weighted by molar-refractivity contribution is 5.48. The molecule has 2 aromatic carbocycles. The second-order valence-electron chi connectivity index (χ2n) is 7.49. The van der Waals surface area contributed by atoms with Crippen LogP contribution in [0.4, 0.5) is 0 Å². The molecule has 0 aromatic heterocycles. The molecule has 2 rings (SSSR count). The topological polar surface area (TPSA) is 0 Å². The van der Waals surface area contributed by atoms with E-state index in [9.17, 15) is 0 Å². The molecule has 0 heterocycles. The Morgan fingerprint density at radius 3 is 1.43 bits per heavy atom. The smallest absolute Gasteiger partial charge is 0.0146 e. The highest BCUT2D eigenvalue weighted by atomic mass is 14.3. The van der Waals surface area contributed by atoms with E-state index in [4.69, 9.17) is 0 Å². The van der Waals surface area contributed by atoms with Crippen molar-refractivity contribution in [3.8, 4) is 0 Å². The normalized spacial score (nSPS) is 11.8. The Labute approximate surface area is 143 Å². The van der Waals surface area contributed by atoms with Crippen LogP contribution in [0.3, 0.4) is 0 Å². The van der Waals surface area contributed by atoms with Gasteiger partial charge in [0.05, 0.1) is 0 Å². The van der Waals surface area contributed by atoms with Gasteiger partial charge < -0.3 is 0 Å². The summed E-state index contributed by atoms with van der Waals surface area (Å²) in [5.41, 5.74) is 11.6. The van der Waals surface area contributed by atoms with Crippen LogP contribution in [0.25, 0.3) is 0 Å². The molecular formula is C23H32. The van der Waals surface area contributed by atoms with Crippen molar-refractivity contribution >= 4 is 0 Å². The van der Waals surface area contributed by atoms with Gasteiger partial charge in [-0.25, -0.2) is 0 Å². The first-order valence-electron chi connectivity index (χ1n) is 8.93. The van der Waals surface area contributed by atoms with Crippen LogP contribution in [0, 0.1) is 27.7 Å². The highest BCUT2D eigenvalue weighted by Crippen LogP contribution is 2.35. The van der Waals surface area contributed by atoms with E-state index in [2.05, 4.69) is 79.7 Å². The van der Waals surface area contributed by atoms with E-state index in [1.165, 1.54) is 44.5 Å². The van der Waals surface area contributed by atoms with Gasteiger partial charge in [-0.3, -0.25) is 0 Å². The Balaban J connectivity index is 2.64. The van der Waals surface area contributed by atoms with E-state index in [0.717, 1.165) is 12.8 Å². The maximum absolute atomic E-state index is 2.43. The van der Waals surface area contributed by atoms with Crippen LogP contribution in [-0.4, -0.2) is 0 Å². The second kappa shape index (κ2) is 6.51. The number of rotatable bonds is 4. The summed E-state index contributed by atoms with van der Waals surface area (Å²) in [6, 6.07) is 9.61. The lowest BCUT2D eigenvalue weighted by molar-refractivity contribution is 0.636. The third kappa shape index (κ3) is 3.22. The van der Waals surface area contributed by atoms with Crippen LogP contribution in [0.15, 0.2) is 24.3 Å². The molecule has 0 amide bonds. The number of aryl methyl sites for hydroxylation is 4. The third-order valence-electron chi connectivity index (χ3n) is 5.76. The third-order valence-corrected chi connectivity index (χ3v) is 5.76. The summed E-state index contributed by atoms with van der Waals surface area (Å²) in [5.74, 6) is 0. The summed E-state index contributed by atoms with van der Waals surface area (Å²) in [4.78, 5) is 0. The van der Waals surface area contributed by atoms with Crippen LogP contribution >= 0.6 is 0 Å². The van der Waals surface area contributed by atoms with E-state index in [-0.39, 0.29) is 5.41 Å². The van der Waals surface area contributed by atoms with Crippen molar-refractivity contribution in [2.24, 2.45) is 0 Å². The molecular weight excluding hydrogens is 276 g/mol. The molecule has 0 bridgehead atoms. The lowest BCUT2D eigenvalue weighted by Crippen LogP contribution is -2.20. The molecule has 0 unspecified atom stereocenters. The molecule has 124 valence electrons. The number of hydrogen-bond acceptors (Lipinski definition) is 0. The fourth-order valence-electron chi connectivity index (χ4n) is 3.50. The van der Waals surface area contributed by atoms with Crippen LogP contribution in [-0.2, 0) is 18.3 Å². The van der Waals surface area contributed by atoms with E-state index < -0.39 is 0 Å². The van der Waals surface area contributed by atoms with Crippen LogP contribution in [0.1, 0.15) is 72.2 Å². The van der Waals surface area contributed by atoms with Gasteiger partial charge in [-0.2, -0.15) is 0 Å². The van der Waals surface area contributed by atoms with Crippen molar-refractivity contribution in [3.63, 3.8) is 0 Å². The summed E-state index contributed by atoms with van der Waals surface area (Å²) >= 11 is 0. The molecule has 0 saturated carbocycles. The SMILES string of the molecule is CCc1cc(C(C)(C)c2cc(C)c(C)c(C)c2)cc(CC)c1C. The first-order chi connectivity index (χ1) is 10.7. The van der Waals surface area contributed by atoms with Crippen molar-refractivity contribution in [1.82, 2.24) is 0 Å². The second-order valence-corrected chi connectivity index (χ2v) is 7.49. The van der Waals surface area contributed by atoms with Gasteiger partial charge in [0.15, 0.2) is 0 Å². The van der Waals surface area contributed by atoms with Crippen molar-refractivity contribution < 1.29 is 0 Å². The lowest BCUT2D eigenvalue weighted by atomic mass is 9.75. The summed E-state index contributed by atoms with van der Waals surface area (Å²) in [6.45, 7) is 18.2. The monoisotopic (exact) mass is 308 g/mol. The van der Waals surface area contributed by atoms with Gasteiger partial charge in [0.1, 0.15) is 0 Å². The number of hydrogen-bond donors (Lipinski definition) is 0. The standard InChI is InChI=1S/C23H32/c1-9-19-13-22(14-20(10-2)18(19)6)23(7,8)21-11-15(3)17(5)16(4)12-21/h11-14H,9-10H2,1-8H3. The van der Waals surface area contributed by atoms with Gasteiger partial charge in [0, 0.05) is 5.41 Å². The maximum Gasteiger partial charge on any atom is 0.0146 e. The van der Waals surface area contributed by atoms with E-state index in [1.54, 1.807) is 0 Å². The fourth-order valence-corrected chi connectivity index (χ4v) is 3.50. The Bertz CT molecular complexity index is 669. The first-order valence-corrected chi connectivity index (χ1v) is 8.93. The van der Waals surface area contributed by atoms with Crippen LogP contribution in [0.5, 0.6) is 0 Å². The van der Waals surface area contributed by atoms with E-state index in [0.29, 0.717) is 0 Å². The van der Waals surface area contributed by atoms with Crippen molar-refractivity contribution in [2.45, 2.75) is 73.6 Å². The average molecular weight is 309 g/mol. The molecule has 0 atom stereocenters. The molecule has 2 aromatic rings. The molecule has 0 radical (unpaired) electrons. The van der Waals surface area contributed by atoms with Gasteiger partial charge in [-0.15, -0.1) is 0 Å². The van der Waals surface area contributed by atoms with Gasteiger partial charge in [-0.05, 0) is 85.0 Å². The molecule has 0 saturated heterocycles. The van der Waals surface area contributed by atoms with E-state index >= 15 is 0 Å². The minimum atomic E-state index is 0.0325. The molecule has 0 aliphatic rings. The predicted octanol–water partition coefficient (Wildman–Crippen LogP) is 6.37. The van der Waals surface area contributed by atoms with Gasteiger partial charge in [0.25, 0.3) is 0 Å². The highest BCUT2D eigenvalue weighted by Gasteiger charge is 2.25. The zero-order chi connectivity index (χ0) is 17.4. The summed E-state index contributed by atoms with van der Waals surface area (Å²) in [5, 5.41) is 0. The lowest BCUT2D eigenvalue weighted by Gasteiger charge is -2.29. The van der Waals surface area contributed by atoms with Crippen LogP contribution < -0.4 is 0 Å². The first kappa shape index (κ1) is 17.8. The Hall–Kier alpha value is -1.56. The zero-order valence-corrected chi connectivity index (χ0v) is 16.2. The predicted molar refractivity (Wildman–Crippen MR) is 103 cm³/mol. The van der Waals surface area contributed by atoms with Crippen molar-refractivity contribution in [2.75, 3.05) is 0 Å². The fraction of sp³-hybridized carbons (Fsp3) is 0.478. The van der Waals surface area contributed by atoms with E-state index in [1.807, 2.05) is 0 Å². The van der Waals surface area contributed by atoms with Gasteiger partial charge in [-0.1, -0.05) is 52.0 Å². The Morgan fingerprint density at radius 1 is 0.652 bits per heavy atom. The molecule has 0 heteroatoms. The molecule has 0 N–H and O–H groups in total. The molecule has 23 heavy (non-hydrogen) atoms. The minimum Gasteiger partial charge on any atom is -0.0613 e. The summed E-state index contributed by atoms with van der Waals surface area (Å²) < 4.78 is 0. The molecule has 0 aliphatic heterocycles. The van der Waals surface area contributed by atoms with Crippen molar-refractivity contribution in [3.05, 3.63) is 68.8 Å². The summed E-state index contributed by atoms with van der Waals surface area (Å²) in [7, 11) is 0. The quantitative estimate of drug-likeness (QED) is 0.615. The van der Waals surface area contributed by atoms with Crippen LogP contribution in [0.2, 0.25) is 0 Å². The molecule has 0 spiro atoms. The molecule has 0 fully saturated rings. The average Bonchev–Trinajstić information content (AvgIpc) is 2.52. The van der Waals surface area contributed by atoms with Gasteiger partial charge >= 0.3 is 0 Å². The Morgan fingerprint density at radius 2 is 1.04 bits per heavy atom. The number of benzene rings is 2. The van der Waals surface area contributed by atoms with Gasteiger partial charge in [0.2, 0.25) is 0 Å². The molecule has 0 nitrogen and oxygen atoms in total. The van der Waals surface area contributed by atoms with Crippen molar-refractivity contribution in [1.29, 1.82) is 0 Å². The maximum atomic E-state index is 2.43. The Kier molecular flexibility index (Phi) is 5.04. The molecule has 0 aliphatic carbocycles. The zero-order valence-electron chi connectivity index (χ0n) is 16.2. The minimum absolute atomic E-state index is 0.0325.